The number of sulfonamides is 1. The lowest BCUT2D eigenvalue weighted by Gasteiger charge is -2.13. The normalized spacial score (nSPS) is 18.9. The molecule has 1 fully saturated rings. The highest BCUT2D eigenvalue weighted by Crippen LogP contribution is 2.27. The van der Waals surface area contributed by atoms with E-state index < -0.39 is 10.0 Å². The molecule has 0 aromatic heterocycles. The van der Waals surface area contributed by atoms with Gasteiger partial charge in [0.2, 0.25) is 10.0 Å². The number of benzene rings is 1. The molecule has 0 bridgehead atoms. The van der Waals surface area contributed by atoms with Crippen molar-refractivity contribution in [3.05, 3.63) is 23.2 Å². The van der Waals surface area contributed by atoms with Crippen molar-refractivity contribution < 1.29 is 17.9 Å². The highest BCUT2D eigenvalue weighted by atomic mass is 35.5. The van der Waals surface area contributed by atoms with E-state index in [1.165, 1.54) is 18.2 Å². The summed E-state index contributed by atoms with van der Waals surface area (Å²) in [6, 6.07) is 4.46. The fraction of sp³-hybridized carbons (Fsp3) is 0.571. The van der Waals surface area contributed by atoms with E-state index in [1.807, 2.05) is 6.92 Å². The van der Waals surface area contributed by atoms with Crippen molar-refractivity contribution in [2.24, 2.45) is 0 Å². The number of nitrogens with one attached hydrogen (secondary N) is 1. The topological polar surface area (TPSA) is 64.6 Å². The van der Waals surface area contributed by atoms with Gasteiger partial charge in [0.05, 0.1) is 22.6 Å². The summed E-state index contributed by atoms with van der Waals surface area (Å²) in [5, 5.41) is 0.404. The Balaban J connectivity index is 2.07. The van der Waals surface area contributed by atoms with E-state index in [9.17, 15) is 8.42 Å². The molecule has 5 nitrogen and oxygen atoms in total. The second kappa shape index (κ2) is 7.45. The molecule has 21 heavy (non-hydrogen) atoms. The molecular formula is C14H20ClNO4S. The molecule has 0 spiro atoms. The Morgan fingerprint density at radius 3 is 2.95 bits per heavy atom. The SMILES string of the molecule is CCCOc1cc(S(=O)(=O)NC[C@@H]2CCCO2)ccc1Cl. The van der Waals surface area contributed by atoms with Gasteiger partial charge in [0, 0.05) is 19.2 Å². The monoisotopic (exact) mass is 333 g/mol. The van der Waals surface area contributed by atoms with Crippen LogP contribution in [-0.2, 0) is 14.8 Å². The summed E-state index contributed by atoms with van der Waals surface area (Å²) in [7, 11) is -3.58. The Hall–Kier alpha value is -0.820. The van der Waals surface area contributed by atoms with Crippen LogP contribution in [0.25, 0.3) is 0 Å². The van der Waals surface area contributed by atoms with Crippen LogP contribution < -0.4 is 9.46 Å². The summed E-state index contributed by atoms with van der Waals surface area (Å²) < 4.78 is 37.9. The fourth-order valence-corrected chi connectivity index (χ4v) is 3.32. The molecule has 1 aliphatic heterocycles. The molecule has 1 atom stereocenters. The zero-order chi connectivity index (χ0) is 15.3. The van der Waals surface area contributed by atoms with Gasteiger partial charge in [0.25, 0.3) is 0 Å². The first-order chi connectivity index (χ1) is 10.0. The van der Waals surface area contributed by atoms with E-state index >= 15 is 0 Å². The lowest BCUT2D eigenvalue weighted by atomic mass is 10.2. The molecule has 1 aliphatic rings. The van der Waals surface area contributed by atoms with E-state index in [4.69, 9.17) is 21.1 Å². The molecule has 1 heterocycles. The minimum atomic E-state index is -3.58. The van der Waals surface area contributed by atoms with Crippen LogP contribution in [0.4, 0.5) is 0 Å². The predicted octanol–water partition coefficient (Wildman–Crippen LogP) is 2.59. The van der Waals surface area contributed by atoms with Crippen LogP contribution in [0.15, 0.2) is 23.1 Å². The molecule has 7 heteroatoms. The second-order valence-electron chi connectivity index (χ2n) is 4.93. The van der Waals surface area contributed by atoms with Crippen LogP contribution in [0.1, 0.15) is 26.2 Å². The summed E-state index contributed by atoms with van der Waals surface area (Å²) >= 11 is 6.00. The third-order valence-corrected chi connectivity index (χ3v) is 4.93. The number of halogens is 1. The summed E-state index contributed by atoms with van der Waals surface area (Å²) in [5.74, 6) is 0.388. The Bertz CT molecular complexity index is 570. The van der Waals surface area contributed by atoms with Crippen molar-refractivity contribution in [2.75, 3.05) is 19.8 Å². The van der Waals surface area contributed by atoms with E-state index in [2.05, 4.69) is 4.72 Å². The number of rotatable bonds is 7. The van der Waals surface area contributed by atoms with Crippen LogP contribution >= 0.6 is 11.6 Å². The van der Waals surface area contributed by atoms with Crippen LogP contribution in [-0.4, -0.2) is 34.3 Å². The molecule has 0 saturated carbocycles. The van der Waals surface area contributed by atoms with Gasteiger partial charge in [-0.1, -0.05) is 18.5 Å². The van der Waals surface area contributed by atoms with Gasteiger partial charge in [-0.25, -0.2) is 13.1 Å². The molecule has 1 aromatic rings. The molecule has 1 saturated heterocycles. The van der Waals surface area contributed by atoms with Gasteiger partial charge < -0.3 is 9.47 Å². The maximum absolute atomic E-state index is 12.3. The largest absolute Gasteiger partial charge is 0.492 e. The van der Waals surface area contributed by atoms with Crippen molar-refractivity contribution in [1.29, 1.82) is 0 Å². The van der Waals surface area contributed by atoms with E-state index in [0.29, 0.717) is 24.0 Å². The first-order valence-electron chi connectivity index (χ1n) is 7.06. The zero-order valence-electron chi connectivity index (χ0n) is 12.0. The van der Waals surface area contributed by atoms with E-state index in [0.717, 1.165) is 19.3 Å². The van der Waals surface area contributed by atoms with Gasteiger partial charge in [-0.2, -0.15) is 0 Å². The zero-order valence-corrected chi connectivity index (χ0v) is 13.5. The maximum Gasteiger partial charge on any atom is 0.240 e. The molecule has 2 rings (SSSR count). The van der Waals surface area contributed by atoms with Crippen LogP contribution in [0.5, 0.6) is 5.75 Å². The summed E-state index contributed by atoms with van der Waals surface area (Å²) in [4.78, 5) is 0.149. The molecule has 0 aliphatic carbocycles. The van der Waals surface area contributed by atoms with Gasteiger partial charge >= 0.3 is 0 Å². The van der Waals surface area contributed by atoms with Crippen molar-refractivity contribution in [2.45, 2.75) is 37.2 Å². The quantitative estimate of drug-likeness (QED) is 0.833. The number of hydrogen-bond donors (Lipinski definition) is 1. The molecular weight excluding hydrogens is 314 g/mol. The molecule has 118 valence electrons. The Kier molecular flexibility index (Phi) is 5.87. The first-order valence-corrected chi connectivity index (χ1v) is 8.92. The predicted molar refractivity (Wildman–Crippen MR) is 81.4 cm³/mol. The van der Waals surface area contributed by atoms with Gasteiger partial charge in [-0.3, -0.25) is 0 Å². The lowest BCUT2D eigenvalue weighted by molar-refractivity contribution is 0.114. The Morgan fingerprint density at radius 1 is 1.48 bits per heavy atom. The van der Waals surface area contributed by atoms with Crippen molar-refractivity contribution in [1.82, 2.24) is 4.72 Å². The van der Waals surface area contributed by atoms with Crippen LogP contribution in [0.2, 0.25) is 5.02 Å². The summed E-state index contributed by atoms with van der Waals surface area (Å²) in [6.45, 7) is 3.45. The molecule has 0 radical (unpaired) electrons. The number of hydrogen-bond acceptors (Lipinski definition) is 4. The van der Waals surface area contributed by atoms with Gasteiger partial charge in [-0.05, 0) is 31.4 Å². The van der Waals surface area contributed by atoms with Gasteiger partial charge in [0.1, 0.15) is 5.75 Å². The van der Waals surface area contributed by atoms with E-state index in [-0.39, 0.29) is 17.5 Å². The maximum atomic E-state index is 12.3. The van der Waals surface area contributed by atoms with Gasteiger partial charge in [0.15, 0.2) is 0 Å². The smallest absolute Gasteiger partial charge is 0.240 e. The highest BCUT2D eigenvalue weighted by molar-refractivity contribution is 7.89. The van der Waals surface area contributed by atoms with E-state index in [1.54, 1.807) is 0 Å². The Morgan fingerprint density at radius 2 is 2.29 bits per heavy atom. The summed E-state index contributed by atoms with van der Waals surface area (Å²) in [5.41, 5.74) is 0. The van der Waals surface area contributed by atoms with Crippen LogP contribution in [0, 0.1) is 0 Å². The van der Waals surface area contributed by atoms with Gasteiger partial charge in [-0.15, -0.1) is 0 Å². The Labute approximate surface area is 130 Å². The highest BCUT2D eigenvalue weighted by Gasteiger charge is 2.21. The lowest BCUT2D eigenvalue weighted by Crippen LogP contribution is -2.31. The molecule has 0 unspecified atom stereocenters. The average Bonchev–Trinajstić information content (AvgIpc) is 2.97. The van der Waals surface area contributed by atoms with Crippen LogP contribution in [0.3, 0.4) is 0 Å². The standard InChI is InChI=1S/C14H20ClNO4S/c1-2-7-20-14-9-12(5-6-13(14)15)21(17,18)16-10-11-4-3-8-19-11/h5-6,9,11,16H,2-4,7-8,10H2,1H3/t11-/m0/s1. The fourth-order valence-electron chi connectivity index (χ4n) is 2.06. The van der Waals surface area contributed by atoms with Crippen molar-refractivity contribution in [3.63, 3.8) is 0 Å². The molecule has 0 amide bonds. The third kappa shape index (κ3) is 4.57. The third-order valence-electron chi connectivity index (χ3n) is 3.20. The number of ether oxygens (including phenoxy) is 2. The molecule has 1 N–H and O–H groups in total. The average molecular weight is 334 g/mol. The minimum Gasteiger partial charge on any atom is -0.492 e. The summed E-state index contributed by atoms with van der Waals surface area (Å²) in [6.07, 6.45) is 2.64. The first kappa shape index (κ1) is 16.5. The second-order valence-corrected chi connectivity index (χ2v) is 7.10. The molecule has 1 aromatic carbocycles. The minimum absolute atomic E-state index is 0.0390. The van der Waals surface area contributed by atoms with Crippen molar-refractivity contribution in [3.8, 4) is 5.75 Å². The van der Waals surface area contributed by atoms with Crippen molar-refractivity contribution >= 4 is 21.6 Å².